The van der Waals surface area contributed by atoms with Gasteiger partial charge in [-0.25, -0.2) is 4.39 Å². The van der Waals surface area contributed by atoms with Crippen molar-refractivity contribution in [1.82, 2.24) is 5.32 Å². The Morgan fingerprint density at radius 3 is 2.46 bits per heavy atom. The Kier molecular flexibility index (Phi) is 14.7. The normalized spacial score (nSPS) is 14.9. The van der Waals surface area contributed by atoms with Gasteiger partial charge in [-0.2, -0.15) is 0 Å². The van der Waals surface area contributed by atoms with Crippen molar-refractivity contribution in [3.63, 3.8) is 0 Å². The van der Waals surface area contributed by atoms with E-state index in [0.717, 1.165) is 24.4 Å². The summed E-state index contributed by atoms with van der Waals surface area (Å²) in [7, 11) is 1.75. The molecule has 0 spiro atoms. The molecule has 0 bridgehead atoms. The van der Waals surface area contributed by atoms with Crippen molar-refractivity contribution in [3.05, 3.63) is 78.7 Å². The molecular weight excluding hydrogens is 347 g/mol. The molecule has 1 atom stereocenters. The number of hydrogen-bond donors (Lipinski definition) is 2. The molecule has 0 heterocycles. The van der Waals surface area contributed by atoms with Gasteiger partial charge in [0.1, 0.15) is 5.82 Å². The molecule has 2 N–H and O–H groups in total. The first-order chi connectivity index (χ1) is 13.7. The van der Waals surface area contributed by atoms with Gasteiger partial charge in [-0.05, 0) is 61.9 Å². The first-order valence-corrected chi connectivity index (χ1v) is 10.4. The third-order valence-electron chi connectivity index (χ3n) is 4.34. The zero-order chi connectivity index (χ0) is 21.4. The van der Waals surface area contributed by atoms with Crippen molar-refractivity contribution in [1.29, 1.82) is 0 Å². The quantitative estimate of drug-likeness (QED) is 0.346. The third kappa shape index (κ3) is 9.18. The minimum Gasteiger partial charge on any atom is -0.386 e. The van der Waals surface area contributed by atoms with Crippen LogP contribution in [0.25, 0.3) is 0 Å². The van der Waals surface area contributed by atoms with Crippen LogP contribution in [0.4, 0.5) is 10.1 Å². The van der Waals surface area contributed by atoms with Gasteiger partial charge in [0.2, 0.25) is 0 Å². The molecule has 0 saturated heterocycles. The predicted molar refractivity (Wildman–Crippen MR) is 124 cm³/mol. The summed E-state index contributed by atoms with van der Waals surface area (Å²) in [5.41, 5.74) is 2.82. The second-order valence-corrected chi connectivity index (χ2v) is 6.26. The van der Waals surface area contributed by atoms with Crippen LogP contribution in [-0.2, 0) is 0 Å². The van der Waals surface area contributed by atoms with Gasteiger partial charge in [-0.15, -0.1) is 13.2 Å². The van der Waals surface area contributed by atoms with Crippen LogP contribution in [-0.4, -0.2) is 13.6 Å². The number of rotatable bonds is 9. The third-order valence-corrected chi connectivity index (χ3v) is 4.34. The Morgan fingerprint density at radius 1 is 1.25 bits per heavy atom. The lowest BCUT2D eigenvalue weighted by Crippen LogP contribution is -2.25. The Bertz CT molecular complexity index is 627. The summed E-state index contributed by atoms with van der Waals surface area (Å²) >= 11 is 0. The molecule has 1 aromatic carbocycles. The van der Waals surface area contributed by atoms with E-state index in [1.165, 1.54) is 18.4 Å². The Hall–Kier alpha value is -2.13. The van der Waals surface area contributed by atoms with E-state index in [1.54, 1.807) is 13.1 Å². The van der Waals surface area contributed by atoms with E-state index in [0.29, 0.717) is 5.69 Å². The van der Waals surface area contributed by atoms with Gasteiger partial charge < -0.3 is 10.6 Å². The Morgan fingerprint density at radius 2 is 1.93 bits per heavy atom. The summed E-state index contributed by atoms with van der Waals surface area (Å²) in [6.45, 7) is 15.2. The van der Waals surface area contributed by atoms with Gasteiger partial charge in [-0.1, -0.05) is 57.2 Å². The molecule has 0 radical (unpaired) electrons. The van der Waals surface area contributed by atoms with Crippen molar-refractivity contribution in [2.75, 3.05) is 18.9 Å². The monoisotopic (exact) mass is 386 g/mol. The fourth-order valence-electron chi connectivity index (χ4n) is 2.69. The van der Waals surface area contributed by atoms with Crippen LogP contribution < -0.4 is 10.6 Å². The maximum absolute atomic E-state index is 13.8. The largest absolute Gasteiger partial charge is 0.386 e. The van der Waals surface area contributed by atoms with Crippen LogP contribution in [0.1, 0.15) is 58.6 Å². The average molecular weight is 387 g/mol. The zero-order valence-electron chi connectivity index (χ0n) is 18.4. The van der Waals surface area contributed by atoms with Gasteiger partial charge in [0.15, 0.2) is 0 Å². The van der Waals surface area contributed by atoms with Gasteiger partial charge in [0, 0.05) is 7.05 Å². The zero-order valence-corrected chi connectivity index (χ0v) is 18.4. The lowest BCUT2D eigenvalue weighted by molar-refractivity contribution is 0.570. The molecule has 1 fully saturated rings. The lowest BCUT2D eigenvalue weighted by Gasteiger charge is -2.21. The van der Waals surface area contributed by atoms with Crippen LogP contribution in [0.5, 0.6) is 0 Å². The highest BCUT2D eigenvalue weighted by Crippen LogP contribution is 2.31. The van der Waals surface area contributed by atoms with E-state index in [-0.39, 0.29) is 11.9 Å². The molecular formula is C25H39FN2. The SMILES string of the molecule is C=C.CC.C\C=C(/C=C\C=C\CC)C(NCC1CC1)c1ccc(F)c(NC)c1. The predicted octanol–water partition coefficient (Wildman–Crippen LogP) is 7.21. The summed E-state index contributed by atoms with van der Waals surface area (Å²) in [6, 6.07) is 5.40. The Labute approximate surface area is 172 Å². The molecule has 0 aliphatic heterocycles. The molecule has 1 unspecified atom stereocenters. The number of hydrogen-bond acceptors (Lipinski definition) is 2. The molecule has 2 rings (SSSR count). The van der Waals surface area contributed by atoms with Crippen molar-refractivity contribution >= 4 is 5.69 Å². The molecule has 0 amide bonds. The van der Waals surface area contributed by atoms with E-state index in [9.17, 15) is 4.39 Å². The maximum Gasteiger partial charge on any atom is 0.146 e. The van der Waals surface area contributed by atoms with Crippen molar-refractivity contribution in [2.24, 2.45) is 5.92 Å². The van der Waals surface area contributed by atoms with Gasteiger partial charge in [0.25, 0.3) is 0 Å². The number of anilines is 1. The maximum atomic E-state index is 13.8. The molecule has 156 valence electrons. The highest BCUT2D eigenvalue weighted by atomic mass is 19.1. The fourth-order valence-corrected chi connectivity index (χ4v) is 2.69. The minimum absolute atomic E-state index is 0.0783. The molecule has 1 aliphatic rings. The smallest absolute Gasteiger partial charge is 0.146 e. The molecule has 3 heteroatoms. The molecule has 0 aromatic heterocycles. The van der Waals surface area contributed by atoms with Crippen LogP contribution in [0.15, 0.2) is 67.3 Å². The number of allylic oxidation sites excluding steroid dienone is 4. The minimum atomic E-state index is -0.217. The topological polar surface area (TPSA) is 24.1 Å². The van der Waals surface area contributed by atoms with Crippen LogP contribution in [0.2, 0.25) is 0 Å². The molecule has 2 nitrogen and oxygen atoms in total. The second kappa shape index (κ2) is 15.9. The molecule has 28 heavy (non-hydrogen) atoms. The van der Waals surface area contributed by atoms with Gasteiger partial charge >= 0.3 is 0 Å². The lowest BCUT2D eigenvalue weighted by atomic mass is 9.97. The van der Waals surface area contributed by atoms with E-state index in [4.69, 9.17) is 0 Å². The van der Waals surface area contributed by atoms with E-state index in [2.05, 4.69) is 68.0 Å². The van der Waals surface area contributed by atoms with Crippen molar-refractivity contribution in [3.8, 4) is 0 Å². The highest BCUT2D eigenvalue weighted by Gasteiger charge is 2.24. The average Bonchev–Trinajstić information content (AvgIpc) is 3.58. The van der Waals surface area contributed by atoms with Crippen LogP contribution >= 0.6 is 0 Å². The highest BCUT2D eigenvalue weighted by molar-refractivity contribution is 5.49. The fraction of sp³-hybridized carbons (Fsp3) is 0.440. The summed E-state index contributed by atoms with van der Waals surface area (Å²) in [6.07, 6.45) is 14.2. The summed E-state index contributed by atoms with van der Waals surface area (Å²) in [5.74, 6) is 0.574. The number of nitrogens with one attached hydrogen (secondary N) is 2. The second-order valence-electron chi connectivity index (χ2n) is 6.26. The van der Waals surface area contributed by atoms with Crippen molar-refractivity contribution < 1.29 is 4.39 Å². The summed E-state index contributed by atoms with van der Waals surface area (Å²) in [4.78, 5) is 0. The summed E-state index contributed by atoms with van der Waals surface area (Å²) < 4.78 is 13.8. The molecule has 1 aromatic rings. The first-order valence-electron chi connectivity index (χ1n) is 10.4. The van der Waals surface area contributed by atoms with Crippen molar-refractivity contribution in [2.45, 2.75) is 53.0 Å². The number of halogens is 1. The van der Waals surface area contributed by atoms with E-state index in [1.807, 2.05) is 26.0 Å². The Balaban J connectivity index is 0.00000171. The standard InChI is InChI=1S/C21H29FN2.C2H6.C2H4/c1-4-6-7-8-9-17(5-2)21(24-15-16-10-11-16)18-12-13-19(22)20(14-18)23-3;2*1-2/h5-9,12-14,16,21,23-24H,4,10-11,15H2,1-3H3;1-2H3;1-2H2/b7-6+,9-8-,17-5+;;. The van der Waals surface area contributed by atoms with Gasteiger partial charge in [0.05, 0.1) is 11.7 Å². The van der Waals surface area contributed by atoms with Crippen LogP contribution in [0, 0.1) is 11.7 Å². The van der Waals surface area contributed by atoms with E-state index >= 15 is 0 Å². The first kappa shape index (κ1) is 25.9. The van der Waals surface area contributed by atoms with Crippen LogP contribution in [0.3, 0.4) is 0 Å². The van der Waals surface area contributed by atoms with E-state index < -0.39 is 0 Å². The van der Waals surface area contributed by atoms with Gasteiger partial charge in [-0.3, -0.25) is 0 Å². The molecule has 1 saturated carbocycles. The molecule has 1 aliphatic carbocycles. The summed E-state index contributed by atoms with van der Waals surface area (Å²) in [5, 5.41) is 6.60. The number of benzene rings is 1.